The Balaban J connectivity index is 1.62. The standard InChI is InChI=1S/C30H22S/c1-4-11-22(12-5-1)24-19-20-27-29(21-24)31(25-15-8-3-9-16-25)28-18-10-17-26(30(27)28)23-13-6-2-7-14-23/h1-21,31H. The molecule has 1 atom stereocenters. The van der Waals surface area contributed by atoms with E-state index in [0.717, 1.165) is 0 Å². The molecule has 5 aromatic rings. The van der Waals surface area contributed by atoms with Crippen LogP contribution in [0.1, 0.15) is 0 Å². The highest BCUT2D eigenvalue weighted by Gasteiger charge is 2.29. The average molecular weight is 415 g/mol. The molecule has 0 fully saturated rings. The van der Waals surface area contributed by atoms with Crippen molar-refractivity contribution in [2.75, 3.05) is 0 Å². The summed E-state index contributed by atoms with van der Waals surface area (Å²) in [5.74, 6) is 0. The van der Waals surface area contributed by atoms with Crippen molar-refractivity contribution in [3.63, 3.8) is 0 Å². The van der Waals surface area contributed by atoms with E-state index in [0.29, 0.717) is 0 Å². The van der Waals surface area contributed by atoms with E-state index in [1.807, 2.05) is 0 Å². The van der Waals surface area contributed by atoms with Gasteiger partial charge in [-0.3, -0.25) is 0 Å². The lowest BCUT2D eigenvalue weighted by Gasteiger charge is -2.20. The average Bonchev–Trinajstić information content (AvgIpc) is 3.19. The van der Waals surface area contributed by atoms with E-state index in [1.54, 1.807) is 0 Å². The van der Waals surface area contributed by atoms with Gasteiger partial charge in [-0.25, -0.2) is 0 Å². The zero-order valence-corrected chi connectivity index (χ0v) is 18.0. The van der Waals surface area contributed by atoms with Gasteiger partial charge in [0.2, 0.25) is 0 Å². The smallest absolute Gasteiger partial charge is 0.00407 e. The van der Waals surface area contributed by atoms with Crippen LogP contribution in [0.5, 0.6) is 0 Å². The quantitative estimate of drug-likeness (QED) is 0.276. The number of benzene rings is 5. The van der Waals surface area contributed by atoms with Crippen LogP contribution in [-0.2, 0) is 0 Å². The van der Waals surface area contributed by atoms with E-state index in [4.69, 9.17) is 0 Å². The Kier molecular flexibility index (Phi) is 4.48. The molecule has 1 heterocycles. The number of thiol groups is 1. The second kappa shape index (κ2) is 7.61. The third-order valence-corrected chi connectivity index (χ3v) is 8.52. The van der Waals surface area contributed by atoms with Crippen LogP contribution >= 0.6 is 10.9 Å². The fourth-order valence-corrected chi connectivity index (χ4v) is 7.27. The van der Waals surface area contributed by atoms with Crippen molar-refractivity contribution >= 4 is 10.9 Å². The summed E-state index contributed by atoms with van der Waals surface area (Å²) in [6.07, 6.45) is 0. The molecule has 0 saturated heterocycles. The number of rotatable bonds is 3. The van der Waals surface area contributed by atoms with Crippen LogP contribution in [0.3, 0.4) is 0 Å². The molecule has 6 rings (SSSR count). The zero-order chi connectivity index (χ0) is 20.6. The molecule has 1 aliphatic heterocycles. The molecule has 0 aromatic heterocycles. The van der Waals surface area contributed by atoms with E-state index in [2.05, 4.69) is 127 Å². The van der Waals surface area contributed by atoms with Crippen molar-refractivity contribution < 1.29 is 0 Å². The number of fused-ring (bicyclic) bond motifs is 3. The molecular weight excluding hydrogens is 392 g/mol. The fraction of sp³-hybridized carbons (Fsp3) is 0. The molecule has 5 aromatic carbocycles. The van der Waals surface area contributed by atoms with Crippen LogP contribution in [0.2, 0.25) is 0 Å². The lowest BCUT2D eigenvalue weighted by molar-refractivity contribution is 1.39. The van der Waals surface area contributed by atoms with Gasteiger partial charge in [-0.15, -0.1) is 0 Å². The van der Waals surface area contributed by atoms with Gasteiger partial charge in [0.15, 0.2) is 0 Å². The second-order valence-corrected chi connectivity index (χ2v) is 9.99. The first-order valence-corrected chi connectivity index (χ1v) is 12.0. The molecule has 0 nitrogen and oxygen atoms in total. The molecule has 0 bridgehead atoms. The van der Waals surface area contributed by atoms with Gasteiger partial charge < -0.3 is 0 Å². The normalized spacial score (nSPS) is 15.3. The Morgan fingerprint density at radius 3 is 1.74 bits per heavy atom. The third-order valence-electron chi connectivity index (χ3n) is 6.00. The number of hydrogen-bond acceptors (Lipinski definition) is 0. The Morgan fingerprint density at radius 1 is 0.387 bits per heavy atom. The van der Waals surface area contributed by atoms with Gasteiger partial charge in [-0.1, -0.05) is 103 Å². The van der Waals surface area contributed by atoms with Crippen molar-refractivity contribution in [2.45, 2.75) is 14.7 Å². The maximum Gasteiger partial charge on any atom is 0.00407 e. The largest absolute Gasteiger partial charge is 0.172 e. The van der Waals surface area contributed by atoms with Crippen molar-refractivity contribution in [3.05, 3.63) is 127 Å². The van der Waals surface area contributed by atoms with Crippen LogP contribution in [0.4, 0.5) is 0 Å². The molecule has 0 saturated carbocycles. The first-order chi connectivity index (χ1) is 15.4. The summed E-state index contributed by atoms with van der Waals surface area (Å²) >= 11 is 0. The van der Waals surface area contributed by atoms with Crippen molar-refractivity contribution in [1.82, 2.24) is 0 Å². The molecule has 0 aliphatic carbocycles. The van der Waals surface area contributed by atoms with Gasteiger partial charge in [-0.05, 0) is 57.0 Å². The molecule has 0 amide bonds. The molecule has 31 heavy (non-hydrogen) atoms. The number of hydrogen-bond donors (Lipinski definition) is 1. The molecular formula is C30H22S. The van der Waals surface area contributed by atoms with Crippen LogP contribution in [0, 0.1) is 0 Å². The maximum atomic E-state index is 2.43. The molecule has 148 valence electrons. The van der Waals surface area contributed by atoms with E-state index in [-0.39, 0.29) is 0 Å². The van der Waals surface area contributed by atoms with Gasteiger partial charge in [-0.2, -0.15) is 10.9 Å². The maximum absolute atomic E-state index is 2.43. The van der Waals surface area contributed by atoms with E-state index < -0.39 is 10.9 Å². The third kappa shape index (κ3) is 3.10. The highest BCUT2D eigenvalue weighted by Crippen LogP contribution is 2.64. The Bertz CT molecular complexity index is 1360. The van der Waals surface area contributed by atoms with E-state index in [1.165, 1.54) is 48.1 Å². The summed E-state index contributed by atoms with van der Waals surface area (Å²) in [7, 11) is -0.585. The van der Waals surface area contributed by atoms with Crippen LogP contribution in [0.25, 0.3) is 33.4 Å². The first-order valence-electron chi connectivity index (χ1n) is 10.6. The minimum absolute atomic E-state index is 0.585. The van der Waals surface area contributed by atoms with Gasteiger partial charge in [0.25, 0.3) is 0 Å². The summed E-state index contributed by atoms with van der Waals surface area (Å²) in [4.78, 5) is 4.33. The SMILES string of the molecule is c1ccc(-c2ccc3c(c2)[SH](c2ccccc2)c2cccc(-c4ccccc4)c2-3)cc1. The van der Waals surface area contributed by atoms with Crippen molar-refractivity contribution in [2.24, 2.45) is 0 Å². The second-order valence-electron chi connectivity index (χ2n) is 7.83. The molecule has 0 spiro atoms. The van der Waals surface area contributed by atoms with Gasteiger partial charge in [0.05, 0.1) is 0 Å². The molecule has 1 aliphatic rings. The fourth-order valence-electron chi connectivity index (χ4n) is 4.59. The monoisotopic (exact) mass is 414 g/mol. The van der Waals surface area contributed by atoms with Crippen LogP contribution < -0.4 is 0 Å². The van der Waals surface area contributed by atoms with Gasteiger partial charge >= 0.3 is 0 Å². The van der Waals surface area contributed by atoms with Crippen LogP contribution in [0.15, 0.2) is 142 Å². The Hall–Kier alpha value is -3.55. The topological polar surface area (TPSA) is 0 Å². The van der Waals surface area contributed by atoms with E-state index >= 15 is 0 Å². The molecule has 0 N–H and O–H groups in total. The highest BCUT2D eigenvalue weighted by atomic mass is 32.2. The Morgan fingerprint density at radius 2 is 1.03 bits per heavy atom. The predicted molar refractivity (Wildman–Crippen MR) is 133 cm³/mol. The summed E-state index contributed by atoms with van der Waals surface area (Å²) in [5.41, 5.74) is 7.95. The highest BCUT2D eigenvalue weighted by molar-refractivity contribution is 8.17. The molecule has 1 unspecified atom stereocenters. The molecule has 0 radical (unpaired) electrons. The Labute approximate surface area is 186 Å². The molecule has 1 heteroatoms. The first kappa shape index (κ1) is 18.2. The summed E-state index contributed by atoms with van der Waals surface area (Å²) in [6.45, 7) is 0. The minimum Gasteiger partial charge on any atom is -0.172 e. The predicted octanol–water partition coefficient (Wildman–Crippen LogP) is 8.48. The van der Waals surface area contributed by atoms with Gasteiger partial charge in [0, 0.05) is 15.4 Å². The summed E-state index contributed by atoms with van der Waals surface area (Å²) in [6, 6.07) is 46.4. The van der Waals surface area contributed by atoms with E-state index in [9.17, 15) is 0 Å². The summed E-state index contributed by atoms with van der Waals surface area (Å²) in [5, 5.41) is 0. The lowest BCUT2D eigenvalue weighted by Crippen LogP contribution is -1.85. The summed E-state index contributed by atoms with van der Waals surface area (Å²) < 4.78 is 0. The zero-order valence-electron chi connectivity index (χ0n) is 17.1. The van der Waals surface area contributed by atoms with Crippen LogP contribution in [-0.4, -0.2) is 0 Å². The lowest BCUT2D eigenvalue weighted by atomic mass is 9.93. The van der Waals surface area contributed by atoms with Crippen molar-refractivity contribution in [1.29, 1.82) is 0 Å². The van der Waals surface area contributed by atoms with Gasteiger partial charge in [0.1, 0.15) is 0 Å². The van der Waals surface area contributed by atoms with Crippen molar-refractivity contribution in [3.8, 4) is 33.4 Å². The minimum atomic E-state index is -0.585.